The van der Waals surface area contributed by atoms with Gasteiger partial charge in [0.05, 0.1) is 5.92 Å². The largest absolute Gasteiger partial charge is 0.462 e. The molecule has 0 saturated heterocycles. The van der Waals surface area contributed by atoms with Gasteiger partial charge in [0, 0.05) is 17.8 Å². The smallest absolute Gasteiger partial charge is 0.302 e. The lowest BCUT2D eigenvalue weighted by Gasteiger charge is -2.19. The molecule has 0 aromatic rings. The highest BCUT2D eigenvalue weighted by Gasteiger charge is 2.56. The molecule has 0 heterocycles. The van der Waals surface area contributed by atoms with E-state index < -0.39 is 6.04 Å². The second-order valence-electron chi connectivity index (χ2n) is 4.16. The van der Waals surface area contributed by atoms with E-state index in [-0.39, 0.29) is 28.8 Å². The van der Waals surface area contributed by atoms with Gasteiger partial charge in [-0.1, -0.05) is 0 Å². The summed E-state index contributed by atoms with van der Waals surface area (Å²) in [5.74, 6) is -0.247. The maximum atomic E-state index is 10.8. The number of nitrogens with zero attached hydrogens (tertiary/aromatic N) is 1. The maximum Gasteiger partial charge on any atom is 0.302 e. The highest BCUT2D eigenvalue weighted by molar-refractivity contribution is 5.66. The molecule has 2 bridgehead atoms. The minimum atomic E-state index is -0.473. The van der Waals surface area contributed by atoms with Crippen LogP contribution in [0.1, 0.15) is 26.2 Å². The summed E-state index contributed by atoms with van der Waals surface area (Å²) in [6.45, 7) is 1.35. The van der Waals surface area contributed by atoms with Crippen LogP contribution in [0.4, 0.5) is 0 Å². The summed E-state index contributed by atoms with van der Waals surface area (Å²) in [7, 11) is 0. The van der Waals surface area contributed by atoms with Crippen molar-refractivity contribution in [1.82, 2.24) is 0 Å². The molecular weight excluding hydrogens is 186 g/mol. The second-order valence-corrected chi connectivity index (χ2v) is 4.16. The second kappa shape index (κ2) is 3.22. The Balaban J connectivity index is 2.07. The first-order chi connectivity index (χ1) is 6.59. The van der Waals surface area contributed by atoms with Crippen LogP contribution >= 0.6 is 0 Å². The average molecular weight is 199 g/mol. The molecular formula is C9H13NO4. The minimum Gasteiger partial charge on any atom is -0.462 e. The summed E-state index contributed by atoms with van der Waals surface area (Å²) in [6, 6.07) is -0.473. The van der Waals surface area contributed by atoms with Gasteiger partial charge in [0.15, 0.2) is 0 Å². The number of carbonyl (C=O) groups is 1. The number of fused-ring (bicyclic) bond motifs is 2. The molecule has 14 heavy (non-hydrogen) atoms. The lowest BCUT2D eigenvalue weighted by molar-refractivity contribution is -0.532. The van der Waals surface area contributed by atoms with Crippen molar-refractivity contribution in [3.63, 3.8) is 0 Å². The third-order valence-electron chi connectivity index (χ3n) is 3.37. The van der Waals surface area contributed by atoms with E-state index in [1.54, 1.807) is 0 Å². The predicted molar refractivity (Wildman–Crippen MR) is 47.2 cm³/mol. The molecule has 2 aliphatic carbocycles. The van der Waals surface area contributed by atoms with Crippen LogP contribution in [0, 0.1) is 22.0 Å². The number of carbonyl (C=O) groups excluding carboxylic acids is 1. The summed E-state index contributed by atoms with van der Waals surface area (Å²) in [4.78, 5) is 21.3. The molecule has 0 radical (unpaired) electrons. The first kappa shape index (κ1) is 9.43. The maximum absolute atomic E-state index is 10.8. The zero-order valence-electron chi connectivity index (χ0n) is 8.01. The Morgan fingerprint density at radius 1 is 1.50 bits per heavy atom. The molecule has 5 nitrogen and oxygen atoms in total. The molecule has 4 atom stereocenters. The SMILES string of the molecule is CC(=O)O[C@@H]1C[C@H]2CC[C@@H]1C2[N+](=O)[O-]. The highest BCUT2D eigenvalue weighted by atomic mass is 16.6. The lowest BCUT2D eigenvalue weighted by atomic mass is 9.98. The Labute approximate surface area is 81.6 Å². The van der Waals surface area contributed by atoms with Crippen LogP contribution in [-0.4, -0.2) is 23.0 Å². The fourth-order valence-electron chi connectivity index (χ4n) is 2.91. The van der Waals surface area contributed by atoms with E-state index in [1.165, 1.54) is 6.92 Å². The van der Waals surface area contributed by atoms with Crippen molar-refractivity contribution in [1.29, 1.82) is 0 Å². The van der Waals surface area contributed by atoms with E-state index >= 15 is 0 Å². The number of esters is 1. The molecule has 5 heteroatoms. The Kier molecular flexibility index (Phi) is 2.17. The average Bonchev–Trinajstić information content (AvgIpc) is 2.58. The summed E-state index contributed by atoms with van der Waals surface area (Å²) in [5, 5.41) is 10.8. The highest BCUT2D eigenvalue weighted by Crippen LogP contribution is 2.47. The summed E-state index contributed by atoms with van der Waals surface area (Å²) in [5.41, 5.74) is 0. The number of hydrogen-bond acceptors (Lipinski definition) is 4. The van der Waals surface area contributed by atoms with Gasteiger partial charge in [-0.2, -0.15) is 0 Å². The van der Waals surface area contributed by atoms with Gasteiger partial charge in [0.1, 0.15) is 6.10 Å². The van der Waals surface area contributed by atoms with Crippen molar-refractivity contribution < 1.29 is 14.5 Å². The summed E-state index contributed by atoms with van der Waals surface area (Å²) < 4.78 is 5.08. The Morgan fingerprint density at radius 2 is 2.21 bits per heavy atom. The van der Waals surface area contributed by atoms with E-state index in [1.807, 2.05) is 0 Å². The van der Waals surface area contributed by atoms with Gasteiger partial charge in [-0.3, -0.25) is 14.9 Å². The van der Waals surface area contributed by atoms with E-state index in [0.29, 0.717) is 6.42 Å². The molecule has 0 amide bonds. The van der Waals surface area contributed by atoms with Gasteiger partial charge in [0.2, 0.25) is 6.04 Å². The molecule has 2 fully saturated rings. The van der Waals surface area contributed by atoms with Gasteiger partial charge >= 0.3 is 5.97 Å². The van der Waals surface area contributed by atoms with Crippen LogP contribution in [0.25, 0.3) is 0 Å². The third-order valence-corrected chi connectivity index (χ3v) is 3.37. The molecule has 0 N–H and O–H groups in total. The van der Waals surface area contributed by atoms with Crippen molar-refractivity contribution >= 4 is 5.97 Å². The molecule has 2 rings (SSSR count). The van der Waals surface area contributed by atoms with Crippen LogP contribution in [0.15, 0.2) is 0 Å². The quantitative estimate of drug-likeness (QED) is 0.378. The van der Waals surface area contributed by atoms with Gasteiger partial charge in [0.25, 0.3) is 0 Å². The van der Waals surface area contributed by atoms with Gasteiger partial charge in [-0.15, -0.1) is 0 Å². The van der Waals surface area contributed by atoms with E-state index in [9.17, 15) is 14.9 Å². The first-order valence-corrected chi connectivity index (χ1v) is 4.90. The van der Waals surface area contributed by atoms with Gasteiger partial charge in [-0.25, -0.2) is 0 Å². The van der Waals surface area contributed by atoms with Crippen LogP contribution in [0.5, 0.6) is 0 Å². The van der Waals surface area contributed by atoms with Crippen LogP contribution in [0.3, 0.4) is 0 Å². The van der Waals surface area contributed by atoms with E-state index in [4.69, 9.17) is 4.74 Å². The van der Waals surface area contributed by atoms with E-state index in [0.717, 1.165) is 12.8 Å². The van der Waals surface area contributed by atoms with Gasteiger partial charge in [-0.05, 0) is 19.3 Å². The van der Waals surface area contributed by atoms with Crippen molar-refractivity contribution in [2.24, 2.45) is 11.8 Å². The minimum absolute atomic E-state index is 0.0427. The van der Waals surface area contributed by atoms with Crippen LogP contribution < -0.4 is 0 Å². The van der Waals surface area contributed by atoms with Gasteiger partial charge < -0.3 is 4.74 Å². The molecule has 1 unspecified atom stereocenters. The standard InChI is InChI=1S/C9H13NO4/c1-5(11)14-8-4-6-2-3-7(8)9(6)10(12)13/h6-9H,2-4H2,1H3/t6-,7+,8-,9?/m1/s1. The van der Waals surface area contributed by atoms with Crippen LogP contribution in [-0.2, 0) is 9.53 Å². The monoisotopic (exact) mass is 199 g/mol. The first-order valence-electron chi connectivity index (χ1n) is 4.90. The Bertz CT molecular complexity index is 278. The fraction of sp³-hybridized carbons (Fsp3) is 0.889. The number of rotatable bonds is 2. The van der Waals surface area contributed by atoms with Crippen molar-refractivity contribution in [2.45, 2.75) is 38.3 Å². The fourth-order valence-corrected chi connectivity index (χ4v) is 2.91. The molecule has 0 aromatic carbocycles. The summed E-state index contributed by atoms with van der Waals surface area (Å²) in [6.07, 6.45) is 2.21. The molecule has 0 aromatic heterocycles. The number of ether oxygens (including phenoxy) is 1. The number of hydrogen-bond donors (Lipinski definition) is 0. The number of nitro groups is 1. The topological polar surface area (TPSA) is 69.4 Å². The molecule has 0 spiro atoms. The summed E-state index contributed by atoms with van der Waals surface area (Å²) >= 11 is 0. The zero-order chi connectivity index (χ0) is 10.3. The lowest BCUT2D eigenvalue weighted by Crippen LogP contribution is -2.29. The predicted octanol–water partition coefficient (Wildman–Crippen LogP) is 0.993. The van der Waals surface area contributed by atoms with E-state index in [2.05, 4.69) is 0 Å². The zero-order valence-corrected chi connectivity index (χ0v) is 8.01. The van der Waals surface area contributed by atoms with Crippen molar-refractivity contribution in [2.75, 3.05) is 0 Å². The third kappa shape index (κ3) is 1.36. The molecule has 2 saturated carbocycles. The Morgan fingerprint density at radius 3 is 2.71 bits per heavy atom. The molecule has 78 valence electrons. The van der Waals surface area contributed by atoms with Crippen molar-refractivity contribution in [3.8, 4) is 0 Å². The van der Waals surface area contributed by atoms with Crippen molar-refractivity contribution in [3.05, 3.63) is 10.1 Å². The molecule has 0 aliphatic heterocycles. The Hall–Kier alpha value is -1.13. The normalized spacial score (nSPS) is 39.8. The van der Waals surface area contributed by atoms with Crippen LogP contribution in [0.2, 0.25) is 0 Å². The molecule has 2 aliphatic rings.